The molecule has 1 amide bonds. The van der Waals surface area contributed by atoms with E-state index >= 15 is 0 Å². The van der Waals surface area contributed by atoms with Gasteiger partial charge < -0.3 is 14.8 Å². The Morgan fingerprint density at radius 3 is 2.42 bits per heavy atom. The summed E-state index contributed by atoms with van der Waals surface area (Å²) in [5, 5.41) is 3.35. The predicted octanol–water partition coefficient (Wildman–Crippen LogP) is 5.49. The monoisotopic (exact) mass is 574 g/mol. The zero-order valence-electron chi connectivity index (χ0n) is 21.4. The van der Waals surface area contributed by atoms with E-state index in [-0.39, 0.29) is 22.1 Å². The van der Waals surface area contributed by atoms with Crippen molar-refractivity contribution in [3.05, 3.63) is 48.0 Å². The van der Waals surface area contributed by atoms with Gasteiger partial charge in [-0.15, -0.1) is 0 Å². The molecule has 1 fully saturated rings. The molecule has 0 aliphatic heterocycles. The molecule has 7 nitrogen and oxygen atoms in total. The van der Waals surface area contributed by atoms with Crippen LogP contribution >= 0.6 is 11.8 Å². The summed E-state index contributed by atoms with van der Waals surface area (Å²) in [7, 11) is -1.73. The van der Waals surface area contributed by atoms with Crippen molar-refractivity contribution in [3.8, 4) is 11.5 Å². The molecule has 1 saturated carbocycles. The smallest absolute Gasteiger partial charge is 0.416 e. The van der Waals surface area contributed by atoms with E-state index in [1.54, 1.807) is 0 Å². The molecule has 0 radical (unpaired) electrons. The molecule has 0 spiro atoms. The Morgan fingerprint density at radius 1 is 1.05 bits per heavy atom. The van der Waals surface area contributed by atoms with Gasteiger partial charge in [0.15, 0.2) is 11.5 Å². The van der Waals surface area contributed by atoms with Crippen molar-refractivity contribution < 1.29 is 35.9 Å². The highest BCUT2D eigenvalue weighted by Gasteiger charge is 2.33. The maximum absolute atomic E-state index is 13.6. The molecular formula is C26H33F3N2O5S2. The average molecular weight is 575 g/mol. The molecule has 0 atom stereocenters. The molecule has 1 N–H and O–H groups in total. The zero-order valence-corrected chi connectivity index (χ0v) is 23.1. The molecular weight excluding hydrogens is 541 g/mol. The largest absolute Gasteiger partial charge is 0.493 e. The number of halogens is 3. The number of ether oxygens (including phenoxy) is 2. The number of hydrogen-bond acceptors (Lipinski definition) is 6. The first-order valence-electron chi connectivity index (χ1n) is 12.4. The van der Waals surface area contributed by atoms with Gasteiger partial charge >= 0.3 is 6.18 Å². The van der Waals surface area contributed by atoms with Crippen LogP contribution in [0.2, 0.25) is 0 Å². The number of methoxy groups -OCH3 is 2. The van der Waals surface area contributed by atoms with Gasteiger partial charge in [-0.1, -0.05) is 25.3 Å². The molecule has 0 saturated heterocycles. The van der Waals surface area contributed by atoms with Crippen LogP contribution in [0, 0.1) is 0 Å². The summed E-state index contributed by atoms with van der Waals surface area (Å²) in [5.41, 5.74) is -1.31. The molecule has 0 heterocycles. The van der Waals surface area contributed by atoms with E-state index in [0.717, 1.165) is 17.9 Å². The van der Waals surface area contributed by atoms with Gasteiger partial charge in [-0.3, -0.25) is 9.10 Å². The third-order valence-electron chi connectivity index (χ3n) is 6.24. The van der Waals surface area contributed by atoms with Gasteiger partial charge in [-0.05, 0) is 55.3 Å². The van der Waals surface area contributed by atoms with E-state index in [9.17, 15) is 26.4 Å². The number of alkyl halides is 3. The fourth-order valence-corrected chi connectivity index (χ4v) is 6.96. The number of rotatable bonds is 12. The van der Waals surface area contributed by atoms with Crippen molar-refractivity contribution >= 4 is 33.4 Å². The molecule has 1 aliphatic carbocycles. The second kappa shape index (κ2) is 13.5. The number of nitrogens with zero attached hydrogens (tertiary/aromatic N) is 1. The van der Waals surface area contributed by atoms with Gasteiger partial charge in [0.2, 0.25) is 5.91 Å². The van der Waals surface area contributed by atoms with Gasteiger partial charge in [0.05, 0.1) is 30.4 Å². The second-order valence-corrected chi connectivity index (χ2v) is 12.2. The molecule has 3 rings (SSSR count). The Morgan fingerprint density at radius 2 is 1.76 bits per heavy atom. The SMILES string of the molecule is COc1ccc(S(=O)(=O)N(CC(=O)NCCCSC2CCCCC2)c2cccc(C(F)(F)F)c2)cc1OC. The number of anilines is 1. The van der Waals surface area contributed by atoms with E-state index in [2.05, 4.69) is 5.32 Å². The third-order valence-corrected chi connectivity index (χ3v) is 9.48. The number of amides is 1. The van der Waals surface area contributed by atoms with Crippen molar-refractivity contribution in [3.63, 3.8) is 0 Å². The molecule has 2 aromatic rings. The first-order chi connectivity index (χ1) is 18.1. The molecule has 38 heavy (non-hydrogen) atoms. The molecule has 12 heteroatoms. The lowest BCUT2D eigenvalue weighted by atomic mass is 10.0. The van der Waals surface area contributed by atoms with Crippen molar-refractivity contribution in [1.82, 2.24) is 5.32 Å². The molecule has 210 valence electrons. The minimum Gasteiger partial charge on any atom is -0.493 e. The number of hydrogen-bond donors (Lipinski definition) is 1. The Kier molecular flexibility index (Phi) is 10.6. The summed E-state index contributed by atoms with van der Waals surface area (Å²) in [6.45, 7) is -0.348. The van der Waals surface area contributed by atoms with Crippen molar-refractivity contribution in [2.24, 2.45) is 0 Å². The quantitative estimate of drug-likeness (QED) is 0.338. The van der Waals surface area contributed by atoms with E-state index in [1.807, 2.05) is 11.8 Å². The number of nitrogens with one attached hydrogen (secondary N) is 1. The number of sulfonamides is 1. The van der Waals surface area contributed by atoms with Crippen LogP contribution in [-0.4, -0.2) is 52.6 Å². The lowest BCUT2D eigenvalue weighted by Gasteiger charge is -2.25. The summed E-state index contributed by atoms with van der Waals surface area (Å²) in [6, 6.07) is 7.71. The summed E-state index contributed by atoms with van der Waals surface area (Å²) in [6.07, 6.45) is 2.20. The van der Waals surface area contributed by atoms with Gasteiger partial charge in [-0.25, -0.2) is 8.42 Å². The van der Waals surface area contributed by atoms with Crippen LogP contribution in [0.3, 0.4) is 0 Å². The molecule has 0 bridgehead atoms. The van der Waals surface area contributed by atoms with Gasteiger partial charge in [0.1, 0.15) is 6.54 Å². The zero-order chi connectivity index (χ0) is 27.8. The maximum Gasteiger partial charge on any atom is 0.416 e. The number of thioether (sulfide) groups is 1. The third kappa shape index (κ3) is 7.95. The minimum atomic E-state index is -4.69. The first-order valence-corrected chi connectivity index (χ1v) is 14.9. The normalized spacial score (nSPS) is 14.7. The average Bonchev–Trinajstić information content (AvgIpc) is 2.91. The van der Waals surface area contributed by atoms with Crippen LogP contribution in [0.5, 0.6) is 11.5 Å². The minimum absolute atomic E-state index is 0.123. The molecule has 0 unspecified atom stereocenters. The van der Waals surface area contributed by atoms with Crippen LogP contribution in [0.1, 0.15) is 44.1 Å². The Bertz CT molecular complexity index is 1190. The lowest BCUT2D eigenvalue weighted by Crippen LogP contribution is -2.41. The van der Waals surface area contributed by atoms with E-state index < -0.39 is 34.2 Å². The molecule has 2 aromatic carbocycles. The van der Waals surface area contributed by atoms with Crippen LogP contribution in [0.4, 0.5) is 18.9 Å². The van der Waals surface area contributed by atoms with E-state index in [1.165, 1.54) is 70.6 Å². The summed E-state index contributed by atoms with van der Waals surface area (Å²) in [4.78, 5) is 12.5. The number of carbonyl (C=O) groups excluding carboxylic acids is 1. The summed E-state index contributed by atoms with van der Waals surface area (Å²) < 4.78 is 78.4. The highest BCUT2D eigenvalue weighted by atomic mass is 32.2. The summed E-state index contributed by atoms with van der Waals surface area (Å²) >= 11 is 1.89. The Hall–Kier alpha value is -2.60. The Balaban J connectivity index is 1.78. The van der Waals surface area contributed by atoms with Gasteiger partial charge in [0.25, 0.3) is 10.0 Å². The number of benzene rings is 2. The highest BCUT2D eigenvalue weighted by molar-refractivity contribution is 7.99. The van der Waals surface area contributed by atoms with Crippen LogP contribution in [0.15, 0.2) is 47.4 Å². The van der Waals surface area contributed by atoms with Crippen LogP contribution < -0.4 is 19.1 Å². The first kappa shape index (κ1) is 29.9. The van der Waals surface area contributed by atoms with Gasteiger partial charge in [-0.2, -0.15) is 24.9 Å². The summed E-state index contributed by atoms with van der Waals surface area (Å²) in [5.74, 6) is 0.652. The van der Waals surface area contributed by atoms with Crippen molar-refractivity contribution in [2.75, 3.05) is 37.4 Å². The standard InChI is InChI=1S/C26H33F3N2O5S2/c1-35-23-13-12-22(17-24(23)36-2)38(33,34)31(20-9-6-8-19(16-20)26(27,28)29)18-25(32)30-14-7-15-37-21-10-4-3-5-11-21/h6,8-9,12-13,16-17,21H,3-5,7,10-11,14-15,18H2,1-2H3,(H,30,32). The van der Waals surface area contributed by atoms with Crippen LogP contribution in [0.25, 0.3) is 0 Å². The predicted molar refractivity (Wildman–Crippen MR) is 142 cm³/mol. The van der Waals surface area contributed by atoms with Gasteiger partial charge in [0, 0.05) is 17.9 Å². The fraction of sp³-hybridized carbons (Fsp3) is 0.500. The number of carbonyl (C=O) groups is 1. The Labute approximate surface area is 226 Å². The molecule has 0 aromatic heterocycles. The molecule has 1 aliphatic rings. The second-order valence-electron chi connectivity index (χ2n) is 8.91. The van der Waals surface area contributed by atoms with Crippen molar-refractivity contribution in [2.45, 2.75) is 54.8 Å². The highest BCUT2D eigenvalue weighted by Crippen LogP contribution is 2.35. The van der Waals surface area contributed by atoms with Crippen molar-refractivity contribution in [1.29, 1.82) is 0 Å². The maximum atomic E-state index is 13.6. The fourth-order valence-electron chi connectivity index (χ4n) is 4.22. The lowest BCUT2D eigenvalue weighted by molar-refractivity contribution is -0.137. The van der Waals surface area contributed by atoms with Crippen LogP contribution in [-0.2, 0) is 21.0 Å². The van der Waals surface area contributed by atoms with E-state index in [0.29, 0.717) is 28.6 Å². The van der Waals surface area contributed by atoms with E-state index in [4.69, 9.17) is 9.47 Å². The topological polar surface area (TPSA) is 84.9 Å².